The van der Waals surface area contributed by atoms with Gasteiger partial charge in [-0.2, -0.15) is 0 Å². The van der Waals surface area contributed by atoms with Crippen LogP contribution in [0.1, 0.15) is 52.6 Å². The average Bonchev–Trinajstić information content (AvgIpc) is 3.26. The number of nitrogens with one attached hydrogen (secondary N) is 1. The van der Waals surface area contributed by atoms with Gasteiger partial charge >= 0.3 is 5.97 Å². The molecule has 1 amide bonds. The topological polar surface area (TPSA) is 109 Å². The summed E-state index contributed by atoms with van der Waals surface area (Å²) in [7, 11) is 0. The van der Waals surface area contributed by atoms with E-state index in [-0.39, 0.29) is 0 Å². The van der Waals surface area contributed by atoms with Crippen molar-refractivity contribution in [2.45, 2.75) is 40.2 Å². The molecule has 0 spiro atoms. The molecule has 8 nitrogen and oxygen atoms in total. The van der Waals surface area contributed by atoms with E-state index in [0.29, 0.717) is 29.5 Å². The zero-order valence-electron chi connectivity index (χ0n) is 19.2. The van der Waals surface area contributed by atoms with Crippen LogP contribution in [0.5, 0.6) is 0 Å². The van der Waals surface area contributed by atoms with Crippen LogP contribution in [-0.4, -0.2) is 37.5 Å². The number of thiophene rings is 1. The highest BCUT2D eigenvalue weighted by Crippen LogP contribution is 2.41. The highest BCUT2D eigenvalue weighted by molar-refractivity contribution is 7.15. The second-order valence-electron chi connectivity index (χ2n) is 8.12. The molecule has 0 saturated carbocycles. The van der Waals surface area contributed by atoms with E-state index in [0.717, 1.165) is 26.6 Å². The summed E-state index contributed by atoms with van der Waals surface area (Å²) in [4.78, 5) is 29.8. The minimum atomic E-state index is -1.08. The van der Waals surface area contributed by atoms with Gasteiger partial charge < -0.3 is 10.4 Å². The maximum atomic E-state index is 13.1. The Balaban J connectivity index is 1.92. The molecule has 2 atom stereocenters. The number of aliphatic carboxylic acids is 1. The Hall–Kier alpha value is -3.66. The van der Waals surface area contributed by atoms with E-state index < -0.39 is 29.7 Å². The highest BCUT2D eigenvalue weighted by Gasteiger charge is 2.37. The van der Waals surface area contributed by atoms with Crippen LogP contribution in [0.4, 0.5) is 10.1 Å². The fraction of sp³-hybridized carbons (Fsp3) is 0.292. The number of aromatic nitrogens is 3. The molecule has 2 unspecified atom stereocenters. The fourth-order valence-electron chi connectivity index (χ4n) is 4.06. The van der Waals surface area contributed by atoms with Gasteiger partial charge in [0.1, 0.15) is 16.9 Å². The predicted molar refractivity (Wildman–Crippen MR) is 129 cm³/mol. The number of benzene rings is 1. The van der Waals surface area contributed by atoms with Gasteiger partial charge in [-0.15, -0.1) is 21.5 Å². The molecule has 1 aliphatic rings. The lowest BCUT2D eigenvalue weighted by Gasteiger charge is -2.18. The van der Waals surface area contributed by atoms with Crippen molar-refractivity contribution >= 4 is 34.6 Å². The van der Waals surface area contributed by atoms with Gasteiger partial charge in [-0.1, -0.05) is 25.6 Å². The fourth-order valence-corrected chi connectivity index (χ4v) is 5.27. The Morgan fingerprint density at radius 2 is 1.91 bits per heavy atom. The van der Waals surface area contributed by atoms with Gasteiger partial charge in [-0.3, -0.25) is 19.1 Å². The van der Waals surface area contributed by atoms with Crippen LogP contribution in [-0.2, 0) is 9.59 Å². The number of aliphatic imine (C=N–C) groups is 1. The Morgan fingerprint density at radius 3 is 2.50 bits per heavy atom. The number of amides is 1. The summed E-state index contributed by atoms with van der Waals surface area (Å²) in [5.74, 6) is -2.58. The molecule has 2 aromatic heterocycles. The number of anilines is 1. The Bertz CT molecular complexity index is 1340. The lowest BCUT2D eigenvalue weighted by Crippen LogP contribution is -2.23. The SMILES string of the molecule is C=C(F)C(=O)Nc1ccc(C2=NC(C(CC)C(=O)O)c3nnc(C)n3-c3sc(C)c(C)c32)cc1. The van der Waals surface area contributed by atoms with E-state index in [4.69, 9.17) is 4.99 Å². The van der Waals surface area contributed by atoms with Gasteiger partial charge in [-0.25, -0.2) is 4.39 Å². The summed E-state index contributed by atoms with van der Waals surface area (Å²) in [5, 5.41) is 21.8. The lowest BCUT2D eigenvalue weighted by atomic mass is 9.95. The predicted octanol–water partition coefficient (Wildman–Crippen LogP) is 4.68. The Labute approximate surface area is 199 Å². The molecule has 3 heterocycles. The quantitative estimate of drug-likeness (QED) is 0.497. The number of halogens is 1. The molecule has 176 valence electrons. The number of carbonyl (C=O) groups is 2. The van der Waals surface area contributed by atoms with Crippen LogP contribution in [0.2, 0.25) is 0 Å². The van der Waals surface area contributed by atoms with E-state index >= 15 is 0 Å². The molecule has 1 aromatic carbocycles. The van der Waals surface area contributed by atoms with Crippen molar-refractivity contribution in [1.82, 2.24) is 14.8 Å². The first kappa shape index (κ1) is 23.5. The van der Waals surface area contributed by atoms with Crippen LogP contribution in [0.15, 0.2) is 41.7 Å². The second-order valence-corrected chi connectivity index (χ2v) is 9.32. The van der Waals surface area contributed by atoms with Gasteiger partial charge in [-0.05, 0) is 44.9 Å². The second kappa shape index (κ2) is 8.94. The summed E-state index contributed by atoms with van der Waals surface area (Å²) in [6, 6.07) is 6.08. The summed E-state index contributed by atoms with van der Waals surface area (Å²) in [6.07, 6.45) is 0.367. The molecule has 34 heavy (non-hydrogen) atoms. The summed E-state index contributed by atoms with van der Waals surface area (Å²) in [5.41, 5.74) is 3.71. The standard InChI is InChI=1S/C24H24FN5O3S/c1-6-17(24(32)33)20-21-29-28-14(5)30(21)23-18(11(2)13(4)34-23)19(27-20)15-7-9-16(10-8-15)26-22(31)12(3)25/h7-10,17,20H,3,6H2,1-2,4-5H3,(H,26,31)(H,32,33). The molecule has 10 heteroatoms. The van der Waals surface area contributed by atoms with Crippen molar-refractivity contribution in [3.05, 3.63) is 69.9 Å². The summed E-state index contributed by atoms with van der Waals surface area (Å²) >= 11 is 1.58. The molecule has 0 bridgehead atoms. The molecule has 4 rings (SSSR count). The first-order chi connectivity index (χ1) is 16.1. The van der Waals surface area contributed by atoms with E-state index in [2.05, 4.69) is 22.1 Å². The van der Waals surface area contributed by atoms with Crippen LogP contribution in [0, 0.1) is 26.7 Å². The van der Waals surface area contributed by atoms with Crippen LogP contribution in [0.25, 0.3) is 5.00 Å². The molecule has 1 aliphatic heterocycles. The van der Waals surface area contributed by atoms with Gasteiger partial charge in [0.2, 0.25) is 0 Å². The minimum Gasteiger partial charge on any atom is -0.481 e. The third-order valence-corrected chi connectivity index (χ3v) is 7.18. The van der Waals surface area contributed by atoms with Crippen LogP contribution < -0.4 is 5.32 Å². The average molecular weight is 482 g/mol. The smallest absolute Gasteiger partial charge is 0.309 e. The van der Waals surface area contributed by atoms with Crippen molar-refractivity contribution in [3.63, 3.8) is 0 Å². The molecule has 0 aliphatic carbocycles. The number of nitrogens with zero attached hydrogens (tertiary/aromatic N) is 4. The van der Waals surface area contributed by atoms with Crippen LogP contribution >= 0.6 is 11.3 Å². The third kappa shape index (κ3) is 3.94. The number of hydrogen-bond acceptors (Lipinski definition) is 6. The number of rotatable bonds is 6. The molecule has 0 radical (unpaired) electrons. The van der Waals surface area contributed by atoms with Gasteiger partial charge in [0.15, 0.2) is 11.7 Å². The number of hydrogen-bond donors (Lipinski definition) is 2. The minimum absolute atomic E-state index is 0.367. The number of carbonyl (C=O) groups excluding carboxylic acids is 1. The Morgan fingerprint density at radius 1 is 1.24 bits per heavy atom. The van der Waals surface area contributed by atoms with Gasteiger partial charge in [0, 0.05) is 21.7 Å². The molecular weight excluding hydrogens is 457 g/mol. The zero-order valence-corrected chi connectivity index (χ0v) is 20.0. The molecular formula is C24H24FN5O3S. The van der Waals surface area contributed by atoms with Crippen molar-refractivity contribution in [2.75, 3.05) is 5.32 Å². The first-order valence-corrected chi connectivity index (χ1v) is 11.5. The molecule has 0 fully saturated rings. The number of carboxylic acid groups (broad SMARTS) is 1. The van der Waals surface area contributed by atoms with E-state index in [9.17, 15) is 19.1 Å². The van der Waals surface area contributed by atoms with Crippen LogP contribution in [0.3, 0.4) is 0 Å². The first-order valence-electron chi connectivity index (χ1n) is 10.7. The molecule has 2 N–H and O–H groups in total. The van der Waals surface area contributed by atoms with E-state index in [1.807, 2.05) is 32.3 Å². The number of carboxylic acids is 1. The van der Waals surface area contributed by atoms with Crippen molar-refractivity contribution in [3.8, 4) is 5.00 Å². The van der Waals surface area contributed by atoms with Crippen molar-refractivity contribution in [1.29, 1.82) is 0 Å². The molecule has 0 saturated heterocycles. The number of aryl methyl sites for hydroxylation is 2. The third-order valence-electron chi connectivity index (χ3n) is 5.99. The van der Waals surface area contributed by atoms with Crippen molar-refractivity contribution < 1.29 is 19.1 Å². The van der Waals surface area contributed by atoms with Gasteiger partial charge in [0.05, 0.1) is 11.6 Å². The normalized spacial score (nSPS) is 15.6. The maximum Gasteiger partial charge on any atom is 0.309 e. The monoisotopic (exact) mass is 481 g/mol. The summed E-state index contributed by atoms with van der Waals surface area (Å²) < 4.78 is 15.0. The largest absolute Gasteiger partial charge is 0.481 e. The molecule has 3 aromatic rings. The lowest BCUT2D eigenvalue weighted by molar-refractivity contribution is -0.142. The highest BCUT2D eigenvalue weighted by atomic mass is 32.1. The zero-order chi connectivity index (χ0) is 24.7. The van der Waals surface area contributed by atoms with Crippen molar-refractivity contribution in [2.24, 2.45) is 10.9 Å². The number of fused-ring (bicyclic) bond motifs is 3. The van der Waals surface area contributed by atoms with Gasteiger partial charge in [0.25, 0.3) is 5.91 Å². The Kier molecular flexibility index (Phi) is 6.18. The van der Waals surface area contributed by atoms with E-state index in [1.54, 1.807) is 35.6 Å². The summed E-state index contributed by atoms with van der Waals surface area (Å²) in [6.45, 7) is 10.7. The maximum absolute atomic E-state index is 13.1. The van der Waals surface area contributed by atoms with E-state index in [1.165, 1.54) is 0 Å².